The summed E-state index contributed by atoms with van der Waals surface area (Å²) >= 11 is 11.8. The third kappa shape index (κ3) is 4.68. The van der Waals surface area contributed by atoms with Gasteiger partial charge >= 0.3 is 0 Å². The first-order valence-corrected chi connectivity index (χ1v) is 13.1. The summed E-state index contributed by atoms with van der Waals surface area (Å²) in [7, 11) is 0. The Kier molecular flexibility index (Phi) is 6.97. The van der Waals surface area contributed by atoms with E-state index in [-0.39, 0.29) is 15.7 Å². The molecule has 0 radical (unpaired) electrons. The van der Waals surface area contributed by atoms with Crippen LogP contribution in [0.4, 0.5) is 15.8 Å². The first kappa shape index (κ1) is 26.5. The van der Waals surface area contributed by atoms with Crippen LogP contribution in [0.15, 0.2) is 78.4 Å². The summed E-state index contributed by atoms with van der Waals surface area (Å²) in [5.74, 6) is -1.52. The molecule has 0 spiro atoms. The fourth-order valence-electron chi connectivity index (χ4n) is 4.74. The number of hydrogen-bond acceptors (Lipinski definition) is 3. The molecular weight excluding hydrogens is 533 g/mol. The second-order valence-corrected chi connectivity index (χ2v) is 10.3. The molecule has 8 heteroatoms. The van der Waals surface area contributed by atoms with Crippen molar-refractivity contribution < 1.29 is 14.0 Å². The Morgan fingerprint density at radius 1 is 0.769 bits per heavy atom. The first-order chi connectivity index (χ1) is 18.6. The number of carbonyl (C=O) groups is 2. The molecule has 0 saturated carbocycles. The number of nitrogens with zero attached hydrogens (tertiary/aromatic N) is 3. The highest BCUT2D eigenvalue weighted by Gasteiger charge is 2.41. The van der Waals surface area contributed by atoms with E-state index < -0.39 is 17.6 Å². The molecule has 0 bridgehead atoms. The maximum absolute atomic E-state index is 13.9. The topological polar surface area (TPSA) is 45.6 Å². The minimum absolute atomic E-state index is 0.00795. The standard InChI is InChI=1S/C31H25ClFN3O2S/c1-18-10-11-24(14-19(18)2)36-30(38)26(29(37)35(31(36)39)23-8-6-5-7-9-23)16-22-15-20(3)34(21(22)4)25-12-13-28(33)27(32)17-25/h5-17H,1-4H3/b26-16-. The fourth-order valence-corrected chi connectivity index (χ4v) is 5.29. The molecule has 0 aliphatic carbocycles. The summed E-state index contributed by atoms with van der Waals surface area (Å²) in [4.78, 5) is 30.6. The van der Waals surface area contributed by atoms with Gasteiger partial charge in [0.1, 0.15) is 11.4 Å². The van der Waals surface area contributed by atoms with Crippen LogP contribution in [0.25, 0.3) is 11.8 Å². The van der Waals surface area contributed by atoms with Crippen LogP contribution < -0.4 is 9.80 Å². The van der Waals surface area contributed by atoms with Gasteiger partial charge in [0.25, 0.3) is 11.8 Å². The monoisotopic (exact) mass is 557 g/mol. The van der Waals surface area contributed by atoms with Gasteiger partial charge in [-0.25, -0.2) is 4.39 Å². The molecule has 196 valence electrons. The van der Waals surface area contributed by atoms with Gasteiger partial charge in [0.05, 0.1) is 16.4 Å². The number of amides is 2. The van der Waals surface area contributed by atoms with Crippen molar-refractivity contribution in [2.24, 2.45) is 0 Å². The van der Waals surface area contributed by atoms with E-state index in [1.165, 1.54) is 15.9 Å². The average molecular weight is 558 g/mol. The summed E-state index contributed by atoms with van der Waals surface area (Å²) in [5, 5.41) is 0.0941. The quantitative estimate of drug-likeness (QED) is 0.151. The van der Waals surface area contributed by atoms with Crippen molar-refractivity contribution >= 4 is 58.2 Å². The molecule has 39 heavy (non-hydrogen) atoms. The maximum Gasteiger partial charge on any atom is 0.270 e. The van der Waals surface area contributed by atoms with Gasteiger partial charge < -0.3 is 4.57 Å². The van der Waals surface area contributed by atoms with Crippen molar-refractivity contribution in [2.45, 2.75) is 27.7 Å². The summed E-state index contributed by atoms with van der Waals surface area (Å²) < 4.78 is 15.7. The number of anilines is 2. The number of carbonyl (C=O) groups excluding carboxylic acids is 2. The third-order valence-corrected chi connectivity index (χ3v) is 7.60. The van der Waals surface area contributed by atoms with Crippen molar-refractivity contribution in [3.63, 3.8) is 0 Å². The van der Waals surface area contributed by atoms with Crippen molar-refractivity contribution in [3.05, 3.63) is 117 Å². The number of para-hydroxylation sites is 1. The molecular formula is C31H25ClFN3O2S. The zero-order valence-electron chi connectivity index (χ0n) is 21.8. The zero-order chi connectivity index (χ0) is 28.0. The fraction of sp³-hybridized carbons (Fsp3) is 0.129. The minimum atomic E-state index is -0.508. The van der Waals surface area contributed by atoms with Crippen LogP contribution in [0.3, 0.4) is 0 Å². The number of halogens is 2. The van der Waals surface area contributed by atoms with Crippen LogP contribution in [0.1, 0.15) is 28.1 Å². The summed E-state index contributed by atoms with van der Waals surface area (Å²) in [6.45, 7) is 7.72. The highest BCUT2D eigenvalue weighted by atomic mass is 35.5. The summed E-state index contributed by atoms with van der Waals surface area (Å²) in [5.41, 5.74) is 6.14. The highest BCUT2D eigenvalue weighted by molar-refractivity contribution is 7.81. The summed E-state index contributed by atoms with van der Waals surface area (Å²) in [6.07, 6.45) is 1.60. The van der Waals surface area contributed by atoms with E-state index in [9.17, 15) is 14.0 Å². The third-order valence-electron chi connectivity index (χ3n) is 6.94. The van der Waals surface area contributed by atoms with E-state index in [0.717, 1.165) is 22.5 Å². The van der Waals surface area contributed by atoms with Crippen molar-refractivity contribution in [1.82, 2.24) is 4.57 Å². The maximum atomic E-state index is 13.9. The van der Waals surface area contributed by atoms with Gasteiger partial charge in [-0.1, -0.05) is 35.9 Å². The molecule has 5 nitrogen and oxygen atoms in total. The van der Waals surface area contributed by atoms with Crippen molar-refractivity contribution in [3.8, 4) is 5.69 Å². The van der Waals surface area contributed by atoms with Crippen LogP contribution in [0.2, 0.25) is 5.02 Å². The van der Waals surface area contributed by atoms with E-state index in [2.05, 4.69) is 0 Å². The van der Waals surface area contributed by atoms with Crippen LogP contribution in [-0.4, -0.2) is 21.5 Å². The van der Waals surface area contributed by atoms with E-state index in [1.807, 2.05) is 74.7 Å². The number of aromatic nitrogens is 1. The lowest BCUT2D eigenvalue weighted by molar-refractivity contribution is -0.120. The normalized spacial score (nSPS) is 15.0. The Labute approximate surface area is 236 Å². The average Bonchev–Trinajstić information content (AvgIpc) is 3.18. The van der Waals surface area contributed by atoms with Crippen LogP contribution in [-0.2, 0) is 9.59 Å². The van der Waals surface area contributed by atoms with Crippen molar-refractivity contribution in [1.29, 1.82) is 0 Å². The van der Waals surface area contributed by atoms with E-state index in [4.69, 9.17) is 23.8 Å². The summed E-state index contributed by atoms with van der Waals surface area (Å²) in [6, 6.07) is 21.0. The molecule has 1 aliphatic heterocycles. The Morgan fingerprint density at radius 2 is 1.41 bits per heavy atom. The van der Waals surface area contributed by atoms with Gasteiger partial charge in [-0.2, -0.15) is 0 Å². The van der Waals surface area contributed by atoms with Crippen LogP contribution in [0.5, 0.6) is 0 Å². The molecule has 0 N–H and O–H groups in total. The largest absolute Gasteiger partial charge is 0.318 e. The molecule has 5 rings (SSSR count). The van der Waals surface area contributed by atoms with Gasteiger partial charge in [-0.3, -0.25) is 19.4 Å². The molecule has 1 aliphatic rings. The zero-order valence-corrected chi connectivity index (χ0v) is 23.4. The molecule has 2 heterocycles. The van der Waals surface area contributed by atoms with Crippen LogP contribution >= 0.6 is 23.8 Å². The number of benzene rings is 3. The molecule has 2 amide bonds. The Hall–Kier alpha value is -4.07. The smallest absolute Gasteiger partial charge is 0.270 e. The Bertz CT molecular complexity index is 1690. The SMILES string of the molecule is Cc1ccc(N2C(=O)/C(=C\c3cc(C)n(-c4ccc(F)c(Cl)c4)c3C)C(=O)N(c3ccccc3)C2=S)cc1C. The molecule has 1 saturated heterocycles. The van der Waals surface area contributed by atoms with Crippen molar-refractivity contribution in [2.75, 3.05) is 9.80 Å². The van der Waals surface area contributed by atoms with E-state index >= 15 is 0 Å². The van der Waals surface area contributed by atoms with E-state index in [1.54, 1.807) is 30.3 Å². The molecule has 4 aromatic rings. The number of hydrogen-bond donors (Lipinski definition) is 0. The van der Waals surface area contributed by atoms with Gasteiger partial charge in [0, 0.05) is 17.1 Å². The predicted molar refractivity (Wildman–Crippen MR) is 158 cm³/mol. The molecule has 3 aromatic carbocycles. The molecule has 1 fully saturated rings. The number of aryl methyl sites for hydroxylation is 3. The van der Waals surface area contributed by atoms with E-state index in [0.29, 0.717) is 22.6 Å². The number of rotatable bonds is 4. The van der Waals surface area contributed by atoms with Gasteiger partial charge in [-0.15, -0.1) is 0 Å². The van der Waals surface area contributed by atoms with Gasteiger partial charge in [0.15, 0.2) is 5.11 Å². The molecule has 0 atom stereocenters. The Balaban J connectivity index is 1.66. The number of thiocarbonyl (C=S) groups is 1. The highest BCUT2D eigenvalue weighted by Crippen LogP contribution is 2.32. The second-order valence-electron chi connectivity index (χ2n) is 9.49. The second kappa shape index (κ2) is 10.2. The van der Waals surface area contributed by atoms with Gasteiger partial charge in [0.2, 0.25) is 0 Å². The lowest BCUT2D eigenvalue weighted by Crippen LogP contribution is -2.57. The minimum Gasteiger partial charge on any atom is -0.318 e. The molecule has 1 aromatic heterocycles. The van der Waals surface area contributed by atoms with Crippen LogP contribution in [0, 0.1) is 33.5 Å². The lowest BCUT2D eigenvalue weighted by atomic mass is 10.0. The first-order valence-electron chi connectivity index (χ1n) is 12.3. The lowest BCUT2D eigenvalue weighted by Gasteiger charge is -2.36. The Morgan fingerprint density at radius 3 is 2.05 bits per heavy atom. The predicted octanol–water partition coefficient (Wildman–Crippen LogP) is 7.25. The molecule has 0 unspecified atom stereocenters. The van der Waals surface area contributed by atoms with Gasteiger partial charge in [-0.05, 0) is 111 Å².